The molecule has 0 saturated heterocycles. The largest absolute Gasteiger partial charge is 0.508 e. The molecule has 3 N–H and O–H groups in total. The van der Waals surface area contributed by atoms with E-state index in [2.05, 4.69) is 20.3 Å². The number of benzene rings is 2. The molecule has 2 aromatic heterocycles. The van der Waals surface area contributed by atoms with Gasteiger partial charge in [-0.2, -0.15) is 5.26 Å². The van der Waals surface area contributed by atoms with E-state index in [-0.39, 0.29) is 11.4 Å². The summed E-state index contributed by atoms with van der Waals surface area (Å²) in [6.45, 7) is 0. The molecule has 0 atom stereocenters. The van der Waals surface area contributed by atoms with Crippen LogP contribution in [0.15, 0.2) is 61.1 Å². The van der Waals surface area contributed by atoms with Crippen molar-refractivity contribution in [2.24, 2.45) is 0 Å². The van der Waals surface area contributed by atoms with Gasteiger partial charge in [-0.15, -0.1) is 0 Å². The number of nitrogens with one attached hydrogen (secondary N) is 2. The molecule has 0 saturated carbocycles. The summed E-state index contributed by atoms with van der Waals surface area (Å²) in [7, 11) is 0. The van der Waals surface area contributed by atoms with Gasteiger partial charge in [-0.3, -0.25) is 0 Å². The fourth-order valence-corrected chi connectivity index (χ4v) is 2.77. The van der Waals surface area contributed by atoms with Gasteiger partial charge in [-0.1, -0.05) is 12.1 Å². The summed E-state index contributed by atoms with van der Waals surface area (Å²) in [5, 5.41) is 23.1. The lowest BCUT2D eigenvalue weighted by atomic mass is 10.0. The number of hydrogen-bond donors (Lipinski definition) is 3. The highest BCUT2D eigenvalue weighted by molar-refractivity contribution is 5.95. The van der Waals surface area contributed by atoms with Crippen molar-refractivity contribution in [2.45, 2.75) is 0 Å². The minimum absolute atomic E-state index is 0.147. The van der Waals surface area contributed by atoms with Gasteiger partial charge in [0.05, 0.1) is 12.4 Å². The second-order valence-corrected chi connectivity index (χ2v) is 5.54. The summed E-state index contributed by atoms with van der Waals surface area (Å²) >= 11 is 0. The highest BCUT2D eigenvalue weighted by atomic mass is 16.3. The minimum Gasteiger partial charge on any atom is -0.508 e. The van der Waals surface area contributed by atoms with E-state index in [1.807, 2.05) is 42.6 Å². The average Bonchev–Trinajstić information content (AvgIpc) is 3.10. The molecule has 0 aliphatic heterocycles. The van der Waals surface area contributed by atoms with Crippen molar-refractivity contribution in [3.8, 4) is 22.9 Å². The van der Waals surface area contributed by atoms with Crippen LogP contribution in [0.1, 0.15) is 5.69 Å². The molecule has 0 unspecified atom stereocenters. The molecule has 0 bridgehead atoms. The Kier molecular flexibility index (Phi) is 3.52. The molecule has 0 radical (unpaired) electrons. The third-order valence-corrected chi connectivity index (χ3v) is 3.86. The smallest absolute Gasteiger partial charge is 0.158 e. The highest BCUT2D eigenvalue weighted by Gasteiger charge is 2.08. The average molecular weight is 327 g/mol. The molecule has 0 aliphatic carbocycles. The predicted octanol–water partition coefficient (Wildman–Crippen LogP) is 3.95. The van der Waals surface area contributed by atoms with Gasteiger partial charge in [0, 0.05) is 28.9 Å². The number of rotatable bonds is 3. The van der Waals surface area contributed by atoms with Crippen LogP contribution in [0.5, 0.6) is 5.75 Å². The van der Waals surface area contributed by atoms with Gasteiger partial charge in [0.25, 0.3) is 0 Å². The summed E-state index contributed by atoms with van der Waals surface area (Å²) in [6, 6.07) is 15.2. The first-order valence-corrected chi connectivity index (χ1v) is 7.62. The van der Waals surface area contributed by atoms with Gasteiger partial charge in [0.1, 0.15) is 17.6 Å². The number of hydrogen-bond acceptors (Lipinski definition) is 5. The lowest BCUT2D eigenvalue weighted by Gasteiger charge is -2.10. The maximum absolute atomic E-state index is 10.1. The molecule has 4 rings (SSSR count). The van der Waals surface area contributed by atoms with Crippen LogP contribution < -0.4 is 5.32 Å². The monoisotopic (exact) mass is 327 g/mol. The van der Waals surface area contributed by atoms with E-state index in [0.717, 1.165) is 22.0 Å². The molecule has 0 spiro atoms. The van der Waals surface area contributed by atoms with Crippen molar-refractivity contribution in [1.82, 2.24) is 15.0 Å². The van der Waals surface area contributed by atoms with Crippen LogP contribution in [0.3, 0.4) is 0 Å². The number of H-pyrrole nitrogens is 1. The first kappa shape index (κ1) is 14.7. The van der Waals surface area contributed by atoms with Crippen LogP contribution in [0.25, 0.3) is 22.0 Å². The van der Waals surface area contributed by atoms with Crippen LogP contribution >= 0.6 is 0 Å². The number of nitrogens with zero attached hydrogens (tertiary/aromatic N) is 3. The van der Waals surface area contributed by atoms with Crippen LogP contribution in [-0.2, 0) is 0 Å². The molecule has 6 nitrogen and oxygen atoms in total. The van der Waals surface area contributed by atoms with Gasteiger partial charge in [-0.25, -0.2) is 9.97 Å². The fraction of sp³-hybridized carbons (Fsp3) is 0. The minimum atomic E-state index is 0.147. The van der Waals surface area contributed by atoms with Gasteiger partial charge in [0.15, 0.2) is 5.69 Å². The van der Waals surface area contributed by atoms with Crippen molar-refractivity contribution >= 4 is 22.4 Å². The van der Waals surface area contributed by atoms with Crippen LogP contribution in [0, 0.1) is 11.3 Å². The zero-order valence-electron chi connectivity index (χ0n) is 13.1. The number of fused-ring (bicyclic) bond motifs is 1. The van der Waals surface area contributed by atoms with Crippen molar-refractivity contribution in [2.75, 3.05) is 5.32 Å². The second-order valence-electron chi connectivity index (χ2n) is 5.54. The maximum atomic E-state index is 10.1. The number of aromatic amines is 1. The van der Waals surface area contributed by atoms with Gasteiger partial charge < -0.3 is 15.4 Å². The number of phenolic OH excluding ortho intramolecular Hbond substituents is 1. The zero-order chi connectivity index (χ0) is 17.2. The predicted molar refractivity (Wildman–Crippen MR) is 95.4 cm³/mol. The molecular formula is C19H13N5O. The molecule has 0 amide bonds. The number of aromatic hydroxyl groups is 1. The number of aromatic nitrogens is 3. The lowest BCUT2D eigenvalue weighted by Crippen LogP contribution is -1.96. The van der Waals surface area contributed by atoms with Crippen LogP contribution in [-0.4, -0.2) is 20.1 Å². The Morgan fingerprint density at radius 1 is 1.08 bits per heavy atom. The van der Waals surface area contributed by atoms with Crippen LogP contribution in [0.4, 0.5) is 11.5 Å². The molecular weight excluding hydrogens is 314 g/mol. The Hall–Kier alpha value is -3.85. The van der Waals surface area contributed by atoms with Gasteiger partial charge in [-0.05, 0) is 35.4 Å². The van der Waals surface area contributed by atoms with Crippen molar-refractivity contribution in [1.29, 1.82) is 5.26 Å². The Balaban J connectivity index is 1.73. The molecule has 120 valence electrons. The van der Waals surface area contributed by atoms with E-state index in [1.54, 1.807) is 12.1 Å². The Bertz CT molecular complexity index is 1090. The summed E-state index contributed by atoms with van der Waals surface area (Å²) in [6.07, 6.45) is 4.77. The Morgan fingerprint density at radius 3 is 2.80 bits per heavy atom. The normalized spacial score (nSPS) is 10.5. The quantitative estimate of drug-likeness (QED) is 0.529. The van der Waals surface area contributed by atoms with Gasteiger partial charge in [0.2, 0.25) is 0 Å². The van der Waals surface area contributed by atoms with E-state index < -0.39 is 0 Å². The lowest BCUT2D eigenvalue weighted by molar-refractivity contribution is 0.476. The third kappa shape index (κ3) is 2.86. The molecule has 0 aliphatic rings. The van der Waals surface area contributed by atoms with E-state index in [4.69, 9.17) is 5.26 Å². The molecule has 2 aromatic carbocycles. The van der Waals surface area contributed by atoms with Crippen molar-refractivity contribution < 1.29 is 5.11 Å². The fourth-order valence-electron chi connectivity index (χ4n) is 2.77. The van der Waals surface area contributed by atoms with E-state index in [9.17, 15) is 5.11 Å². The van der Waals surface area contributed by atoms with Crippen molar-refractivity contribution in [3.63, 3.8) is 0 Å². The van der Waals surface area contributed by atoms with Crippen molar-refractivity contribution in [3.05, 3.63) is 66.7 Å². The highest BCUT2D eigenvalue weighted by Crippen LogP contribution is 2.33. The van der Waals surface area contributed by atoms with Crippen LogP contribution in [0.2, 0.25) is 0 Å². The summed E-state index contributed by atoms with van der Waals surface area (Å²) < 4.78 is 0. The van der Waals surface area contributed by atoms with E-state index >= 15 is 0 Å². The number of anilines is 2. The molecule has 0 fully saturated rings. The Morgan fingerprint density at radius 2 is 2.00 bits per heavy atom. The van der Waals surface area contributed by atoms with E-state index in [1.165, 1.54) is 12.4 Å². The van der Waals surface area contributed by atoms with Gasteiger partial charge >= 0.3 is 0 Å². The molecule has 6 heteroatoms. The molecule has 25 heavy (non-hydrogen) atoms. The third-order valence-electron chi connectivity index (χ3n) is 3.86. The summed E-state index contributed by atoms with van der Waals surface area (Å²) in [4.78, 5) is 11.3. The molecule has 4 aromatic rings. The maximum Gasteiger partial charge on any atom is 0.158 e. The second kappa shape index (κ2) is 5.98. The zero-order valence-corrected chi connectivity index (χ0v) is 13.1. The summed E-state index contributed by atoms with van der Waals surface area (Å²) in [5.41, 5.74) is 3.87. The SMILES string of the molecule is N#Cc1cnc(Nc2cc(O)cc(-c3cccc4[nH]ccc34)c2)cn1. The first-order chi connectivity index (χ1) is 12.2. The van der Waals surface area contributed by atoms with E-state index in [0.29, 0.717) is 11.5 Å². The summed E-state index contributed by atoms with van der Waals surface area (Å²) in [5.74, 6) is 0.643. The standard InChI is InChI=1S/C19H13N5O/c20-9-14-10-23-19(11-22-14)24-13-6-12(7-15(25)8-13)16-2-1-3-18-17(16)4-5-21-18/h1-8,10-11,21,25H,(H,23,24). The number of nitriles is 1. The number of phenols is 1. The topological polar surface area (TPSA) is 97.6 Å². The molecule has 2 heterocycles. The first-order valence-electron chi connectivity index (χ1n) is 7.62. The Labute approximate surface area is 143 Å².